The molecule has 0 amide bonds. The van der Waals surface area contributed by atoms with Gasteiger partial charge in [-0.05, 0) is 37.1 Å². The van der Waals surface area contributed by atoms with E-state index in [0.717, 1.165) is 23.8 Å². The van der Waals surface area contributed by atoms with Crippen LogP contribution in [0.4, 0.5) is 0 Å². The lowest BCUT2D eigenvalue weighted by molar-refractivity contribution is 0.206. The van der Waals surface area contributed by atoms with Gasteiger partial charge in [0.25, 0.3) is 0 Å². The highest BCUT2D eigenvalue weighted by Gasteiger charge is 2.26. The third kappa shape index (κ3) is 6.22. The highest BCUT2D eigenvalue weighted by molar-refractivity contribution is 4.81. The molecule has 0 aromatic carbocycles. The summed E-state index contributed by atoms with van der Waals surface area (Å²) in [6.45, 7) is 10.7. The summed E-state index contributed by atoms with van der Waals surface area (Å²) in [5, 5.41) is 3.80. The number of nitrogens with one attached hydrogen (secondary N) is 1. The van der Waals surface area contributed by atoms with Gasteiger partial charge in [-0.2, -0.15) is 0 Å². The van der Waals surface area contributed by atoms with E-state index in [1.807, 2.05) is 0 Å². The van der Waals surface area contributed by atoms with Crippen molar-refractivity contribution in [3.05, 3.63) is 0 Å². The molecule has 0 aromatic rings. The van der Waals surface area contributed by atoms with Gasteiger partial charge < -0.3 is 5.32 Å². The van der Waals surface area contributed by atoms with Crippen molar-refractivity contribution in [2.75, 3.05) is 6.54 Å². The van der Waals surface area contributed by atoms with E-state index in [2.05, 4.69) is 33.0 Å². The molecule has 1 nitrogen and oxygen atoms in total. The van der Waals surface area contributed by atoms with Crippen molar-refractivity contribution in [3.63, 3.8) is 0 Å². The Hall–Kier alpha value is -0.0400. The molecule has 3 unspecified atom stereocenters. The zero-order chi connectivity index (χ0) is 13.4. The summed E-state index contributed by atoms with van der Waals surface area (Å²) in [7, 11) is 0. The van der Waals surface area contributed by atoms with Crippen molar-refractivity contribution in [1.29, 1.82) is 0 Å². The van der Waals surface area contributed by atoms with Crippen molar-refractivity contribution in [3.8, 4) is 0 Å². The van der Waals surface area contributed by atoms with E-state index in [1.54, 1.807) is 0 Å². The molecule has 1 saturated carbocycles. The third-order valence-electron chi connectivity index (χ3n) is 4.82. The highest BCUT2D eigenvalue weighted by atomic mass is 14.9. The van der Waals surface area contributed by atoms with Crippen molar-refractivity contribution >= 4 is 0 Å². The van der Waals surface area contributed by atoms with Crippen LogP contribution in [0.2, 0.25) is 0 Å². The average molecular weight is 253 g/mol. The van der Waals surface area contributed by atoms with E-state index in [4.69, 9.17) is 0 Å². The Balaban J connectivity index is 1.97. The summed E-state index contributed by atoms with van der Waals surface area (Å²) < 4.78 is 0. The third-order valence-corrected chi connectivity index (χ3v) is 4.82. The molecule has 3 atom stereocenters. The smallest absolute Gasteiger partial charge is 0.00952 e. The van der Waals surface area contributed by atoms with E-state index >= 15 is 0 Å². The molecule has 0 aromatic heterocycles. The topological polar surface area (TPSA) is 12.0 Å². The fraction of sp³-hybridized carbons (Fsp3) is 1.00. The predicted octanol–water partition coefficient (Wildman–Crippen LogP) is 5.01. The first-order chi connectivity index (χ1) is 8.61. The molecule has 1 aliphatic carbocycles. The second-order valence-corrected chi connectivity index (χ2v) is 6.92. The molecule has 1 heteroatoms. The number of rotatable bonds is 8. The van der Waals surface area contributed by atoms with Gasteiger partial charge in [0, 0.05) is 6.04 Å². The first-order valence-corrected chi connectivity index (χ1v) is 8.34. The van der Waals surface area contributed by atoms with Crippen LogP contribution in [0.5, 0.6) is 0 Å². The highest BCUT2D eigenvalue weighted by Crippen LogP contribution is 2.29. The molecule has 1 fully saturated rings. The summed E-state index contributed by atoms with van der Waals surface area (Å²) >= 11 is 0. The predicted molar refractivity (Wildman–Crippen MR) is 81.9 cm³/mol. The maximum absolute atomic E-state index is 3.80. The summed E-state index contributed by atoms with van der Waals surface area (Å²) in [4.78, 5) is 0. The Kier molecular flexibility index (Phi) is 7.97. The minimum Gasteiger partial charge on any atom is -0.314 e. The second-order valence-electron chi connectivity index (χ2n) is 6.92. The van der Waals surface area contributed by atoms with Crippen molar-refractivity contribution in [2.24, 2.45) is 17.8 Å². The van der Waals surface area contributed by atoms with Crippen molar-refractivity contribution in [2.45, 2.75) is 85.1 Å². The zero-order valence-corrected chi connectivity index (χ0v) is 13.2. The average Bonchev–Trinajstić information content (AvgIpc) is 2.32. The lowest BCUT2D eigenvalue weighted by atomic mass is 9.78. The van der Waals surface area contributed by atoms with E-state index in [9.17, 15) is 0 Å². The largest absolute Gasteiger partial charge is 0.314 e. The van der Waals surface area contributed by atoms with E-state index in [1.165, 1.54) is 57.9 Å². The number of hydrogen-bond acceptors (Lipinski definition) is 1. The van der Waals surface area contributed by atoms with Crippen LogP contribution in [0, 0.1) is 17.8 Å². The standard InChI is InChI=1S/C17H35N/c1-14(2)10-7-5-6-8-13-18-17-12-9-11-15(3)16(17)4/h14-18H,5-13H2,1-4H3. The van der Waals surface area contributed by atoms with Gasteiger partial charge in [0.1, 0.15) is 0 Å². The van der Waals surface area contributed by atoms with Gasteiger partial charge in [0.2, 0.25) is 0 Å². The molecule has 0 bridgehead atoms. The first kappa shape index (κ1) is 16.0. The Morgan fingerprint density at radius 1 is 1.00 bits per heavy atom. The summed E-state index contributed by atoms with van der Waals surface area (Å²) in [6.07, 6.45) is 11.3. The Bertz CT molecular complexity index is 200. The Morgan fingerprint density at radius 3 is 2.44 bits per heavy atom. The molecule has 108 valence electrons. The maximum atomic E-state index is 3.80. The maximum Gasteiger partial charge on any atom is 0.00952 e. The Labute approximate surface area is 115 Å². The summed E-state index contributed by atoms with van der Waals surface area (Å²) in [5.74, 6) is 2.68. The summed E-state index contributed by atoms with van der Waals surface area (Å²) in [5.41, 5.74) is 0. The lowest BCUT2D eigenvalue weighted by Gasteiger charge is -2.34. The SMILES string of the molecule is CC(C)CCCCCCNC1CCCC(C)C1C. The Morgan fingerprint density at radius 2 is 1.72 bits per heavy atom. The number of unbranched alkanes of at least 4 members (excludes halogenated alkanes) is 3. The molecule has 18 heavy (non-hydrogen) atoms. The second kappa shape index (κ2) is 8.96. The lowest BCUT2D eigenvalue weighted by Crippen LogP contribution is -2.40. The zero-order valence-electron chi connectivity index (χ0n) is 13.2. The minimum atomic E-state index is 0.796. The molecular formula is C17H35N. The van der Waals surface area contributed by atoms with Gasteiger partial charge in [-0.1, -0.05) is 66.2 Å². The van der Waals surface area contributed by atoms with E-state index < -0.39 is 0 Å². The van der Waals surface area contributed by atoms with Crippen LogP contribution in [-0.4, -0.2) is 12.6 Å². The van der Waals surface area contributed by atoms with Crippen LogP contribution in [0.25, 0.3) is 0 Å². The monoisotopic (exact) mass is 253 g/mol. The molecule has 1 aliphatic rings. The molecule has 1 N–H and O–H groups in total. The van der Waals surface area contributed by atoms with Crippen LogP contribution in [0.3, 0.4) is 0 Å². The van der Waals surface area contributed by atoms with Gasteiger partial charge in [0.05, 0.1) is 0 Å². The molecule has 0 spiro atoms. The fourth-order valence-corrected chi connectivity index (χ4v) is 3.19. The molecule has 1 rings (SSSR count). The van der Waals surface area contributed by atoms with Crippen LogP contribution < -0.4 is 5.32 Å². The van der Waals surface area contributed by atoms with E-state index in [0.29, 0.717) is 0 Å². The fourth-order valence-electron chi connectivity index (χ4n) is 3.19. The quantitative estimate of drug-likeness (QED) is 0.600. The van der Waals surface area contributed by atoms with Crippen LogP contribution in [0.15, 0.2) is 0 Å². The molecular weight excluding hydrogens is 218 g/mol. The van der Waals surface area contributed by atoms with Gasteiger partial charge in [-0.15, -0.1) is 0 Å². The molecule has 0 radical (unpaired) electrons. The molecule has 0 aliphatic heterocycles. The van der Waals surface area contributed by atoms with E-state index in [-0.39, 0.29) is 0 Å². The van der Waals surface area contributed by atoms with Crippen molar-refractivity contribution < 1.29 is 0 Å². The van der Waals surface area contributed by atoms with Gasteiger partial charge in [-0.3, -0.25) is 0 Å². The van der Waals surface area contributed by atoms with Gasteiger partial charge in [0.15, 0.2) is 0 Å². The van der Waals surface area contributed by atoms with Crippen LogP contribution in [-0.2, 0) is 0 Å². The number of hydrogen-bond donors (Lipinski definition) is 1. The molecule has 0 saturated heterocycles. The van der Waals surface area contributed by atoms with Crippen LogP contribution in [0.1, 0.15) is 79.1 Å². The minimum absolute atomic E-state index is 0.796. The van der Waals surface area contributed by atoms with Crippen LogP contribution >= 0.6 is 0 Å². The normalized spacial score (nSPS) is 28.8. The summed E-state index contributed by atoms with van der Waals surface area (Å²) in [6, 6.07) is 0.796. The molecule has 0 heterocycles. The first-order valence-electron chi connectivity index (χ1n) is 8.34. The van der Waals surface area contributed by atoms with Gasteiger partial charge >= 0.3 is 0 Å². The van der Waals surface area contributed by atoms with Crippen molar-refractivity contribution in [1.82, 2.24) is 5.32 Å². The van der Waals surface area contributed by atoms with Gasteiger partial charge in [-0.25, -0.2) is 0 Å².